The molecule has 1 atom stereocenters. The lowest BCUT2D eigenvalue weighted by atomic mass is 10.1. The van der Waals surface area contributed by atoms with Crippen molar-refractivity contribution in [3.8, 4) is 0 Å². The van der Waals surface area contributed by atoms with Gasteiger partial charge in [0.25, 0.3) is 5.91 Å². The van der Waals surface area contributed by atoms with Crippen LogP contribution in [0.2, 0.25) is 0 Å². The number of nitrogens with zero attached hydrogens (tertiary/aromatic N) is 2. The third kappa shape index (κ3) is 4.33. The predicted octanol–water partition coefficient (Wildman–Crippen LogP) is 2.94. The van der Waals surface area contributed by atoms with Crippen molar-refractivity contribution in [3.05, 3.63) is 59.5 Å². The zero-order valence-corrected chi connectivity index (χ0v) is 14.4. The molecule has 5 nitrogen and oxygen atoms in total. The number of rotatable bonds is 4. The van der Waals surface area contributed by atoms with E-state index in [1.165, 1.54) is 12.1 Å². The fraction of sp³-hybridized carbons (Fsp3) is 0.368. The van der Waals surface area contributed by atoms with Crippen LogP contribution in [0.5, 0.6) is 0 Å². The number of hydrogen-bond donors (Lipinski definition) is 1. The van der Waals surface area contributed by atoms with Crippen molar-refractivity contribution >= 4 is 11.7 Å². The molecule has 2 aromatic rings. The van der Waals surface area contributed by atoms with Gasteiger partial charge in [-0.3, -0.25) is 4.79 Å². The third-order valence-electron chi connectivity index (χ3n) is 4.06. The number of hydrogen-bond acceptors (Lipinski definition) is 4. The summed E-state index contributed by atoms with van der Waals surface area (Å²) >= 11 is 0. The molecule has 1 aliphatic heterocycles. The summed E-state index contributed by atoms with van der Waals surface area (Å²) in [7, 11) is 0. The van der Waals surface area contributed by atoms with Crippen LogP contribution in [0.1, 0.15) is 35.9 Å². The van der Waals surface area contributed by atoms with Gasteiger partial charge in [0.05, 0.1) is 6.61 Å². The molecular formula is C19H22FN3O2. The van der Waals surface area contributed by atoms with Crippen LogP contribution >= 0.6 is 0 Å². The molecule has 0 bridgehead atoms. The Morgan fingerprint density at radius 3 is 2.80 bits per heavy atom. The molecule has 0 saturated carbocycles. The van der Waals surface area contributed by atoms with Crippen LogP contribution in [-0.2, 0) is 4.74 Å². The van der Waals surface area contributed by atoms with E-state index in [1.807, 2.05) is 13.8 Å². The Morgan fingerprint density at radius 2 is 2.08 bits per heavy atom. The van der Waals surface area contributed by atoms with Crippen molar-refractivity contribution in [2.75, 3.05) is 24.6 Å². The number of morpholine rings is 1. The predicted molar refractivity (Wildman–Crippen MR) is 94.1 cm³/mol. The van der Waals surface area contributed by atoms with Crippen molar-refractivity contribution in [1.29, 1.82) is 0 Å². The highest BCUT2D eigenvalue weighted by atomic mass is 19.1. The number of carbonyl (C=O) groups is 1. The first-order valence-electron chi connectivity index (χ1n) is 8.42. The van der Waals surface area contributed by atoms with E-state index in [9.17, 15) is 9.18 Å². The highest BCUT2D eigenvalue weighted by Crippen LogP contribution is 2.25. The minimum Gasteiger partial charge on any atom is -0.370 e. The summed E-state index contributed by atoms with van der Waals surface area (Å²) in [6, 6.07) is 9.94. The summed E-state index contributed by atoms with van der Waals surface area (Å²) in [5.74, 6) is 0.371. The number of benzene rings is 1. The molecule has 2 heterocycles. The molecule has 1 N–H and O–H groups in total. The van der Waals surface area contributed by atoms with Gasteiger partial charge in [-0.1, -0.05) is 12.1 Å². The summed E-state index contributed by atoms with van der Waals surface area (Å²) in [4.78, 5) is 18.7. The molecule has 25 heavy (non-hydrogen) atoms. The molecule has 0 unspecified atom stereocenters. The van der Waals surface area contributed by atoms with Gasteiger partial charge in [-0.25, -0.2) is 9.37 Å². The first-order valence-corrected chi connectivity index (χ1v) is 8.42. The van der Waals surface area contributed by atoms with Gasteiger partial charge in [0.1, 0.15) is 17.7 Å². The number of nitrogens with one attached hydrogen (secondary N) is 1. The molecule has 132 valence electrons. The Bertz CT molecular complexity index is 734. The number of ether oxygens (including phenoxy) is 1. The lowest BCUT2D eigenvalue weighted by molar-refractivity contribution is 0.0395. The first-order chi connectivity index (χ1) is 12.0. The van der Waals surface area contributed by atoms with Gasteiger partial charge in [-0.15, -0.1) is 0 Å². The molecule has 0 radical (unpaired) electrons. The zero-order valence-electron chi connectivity index (χ0n) is 14.4. The van der Waals surface area contributed by atoms with Crippen LogP contribution in [0.4, 0.5) is 10.2 Å². The number of anilines is 1. The highest BCUT2D eigenvalue weighted by molar-refractivity contribution is 5.94. The van der Waals surface area contributed by atoms with Crippen LogP contribution in [0.15, 0.2) is 42.6 Å². The van der Waals surface area contributed by atoms with Crippen LogP contribution in [-0.4, -0.2) is 36.6 Å². The molecular weight excluding hydrogens is 321 g/mol. The van der Waals surface area contributed by atoms with E-state index in [4.69, 9.17) is 4.74 Å². The molecule has 1 aliphatic rings. The van der Waals surface area contributed by atoms with Crippen LogP contribution in [0, 0.1) is 5.82 Å². The van der Waals surface area contributed by atoms with Gasteiger partial charge in [-0.2, -0.15) is 0 Å². The molecule has 0 aliphatic carbocycles. The van der Waals surface area contributed by atoms with Crippen LogP contribution < -0.4 is 10.2 Å². The Morgan fingerprint density at radius 1 is 1.32 bits per heavy atom. The van der Waals surface area contributed by atoms with Gasteiger partial charge in [0.15, 0.2) is 0 Å². The maximum Gasteiger partial charge on any atom is 0.251 e. The van der Waals surface area contributed by atoms with Gasteiger partial charge in [0, 0.05) is 30.9 Å². The van der Waals surface area contributed by atoms with Crippen molar-refractivity contribution < 1.29 is 13.9 Å². The monoisotopic (exact) mass is 343 g/mol. The SMILES string of the molecule is CC(C)NC(=O)c1ccnc(N2CCO[C@@H](c3ccc(F)cc3)C2)c1. The van der Waals surface area contributed by atoms with Crippen molar-refractivity contribution in [3.63, 3.8) is 0 Å². The standard InChI is InChI=1S/C19H22FN3O2/c1-13(2)22-19(24)15-7-8-21-18(11-15)23-9-10-25-17(12-23)14-3-5-16(20)6-4-14/h3-8,11,13,17H,9-10,12H2,1-2H3,(H,22,24)/t17-/m1/s1. The summed E-state index contributed by atoms with van der Waals surface area (Å²) in [6.45, 7) is 5.70. The second kappa shape index (κ2) is 7.61. The van der Waals surface area contributed by atoms with E-state index in [2.05, 4.69) is 15.2 Å². The smallest absolute Gasteiger partial charge is 0.251 e. The summed E-state index contributed by atoms with van der Waals surface area (Å²) in [5, 5.41) is 2.88. The topological polar surface area (TPSA) is 54.5 Å². The quantitative estimate of drug-likeness (QED) is 0.927. The number of carbonyl (C=O) groups excluding carboxylic acids is 1. The fourth-order valence-electron chi connectivity index (χ4n) is 2.81. The van der Waals surface area contributed by atoms with E-state index in [-0.39, 0.29) is 23.9 Å². The minimum atomic E-state index is -0.262. The van der Waals surface area contributed by atoms with Gasteiger partial charge < -0.3 is 15.0 Å². The van der Waals surface area contributed by atoms with E-state index >= 15 is 0 Å². The van der Waals surface area contributed by atoms with Crippen molar-refractivity contribution in [1.82, 2.24) is 10.3 Å². The number of amides is 1. The van der Waals surface area contributed by atoms with Crippen molar-refractivity contribution in [2.24, 2.45) is 0 Å². The van der Waals surface area contributed by atoms with Crippen molar-refractivity contribution in [2.45, 2.75) is 26.0 Å². The minimum absolute atomic E-state index is 0.0790. The summed E-state index contributed by atoms with van der Waals surface area (Å²) < 4.78 is 18.9. The number of halogens is 1. The molecule has 1 aromatic heterocycles. The lowest BCUT2D eigenvalue weighted by Crippen LogP contribution is -2.39. The number of pyridine rings is 1. The average molecular weight is 343 g/mol. The van der Waals surface area contributed by atoms with E-state index in [1.54, 1.807) is 30.5 Å². The number of aromatic nitrogens is 1. The first kappa shape index (κ1) is 17.4. The van der Waals surface area contributed by atoms with Gasteiger partial charge in [-0.05, 0) is 43.7 Å². The summed E-state index contributed by atoms with van der Waals surface area (Å²) in [6.07, 6.45) is 1.50. The fourth-order valence-corrected chi connectivity index (χ4v) is 2.81. The molecule has 3 rings (SSSR count). The second-order valence-corrected chi connectivity index (χ2v) is 6.39. The highest BCUT2D eigenvalue weighted by Gasteiger charge is 2.23. The third-order valence-corrected chi connectivity index (χ3v) is 4.06. The Balaban J connectivity index is 1.75. The average Bonchev–Trinajstić information content (AvgIpc) is 2.62. The Hall–Kier alpha value is -2.47. The van der Waals surface area contributed by atoms with E-state index in [0.29, 0.717) is 25.3 Å². The molecule has 6 heteroatoms. The molecule has 1 fully saturated rings. The molecule has 1 saturated heterocycles. The molecule has 1 amide bonds. The molecule has 0 spiro atoms. The maximum absolute atomic E-state index is 13.1. The van der Waals surface area contributed by atoms with E-state index < -0.39 is 0 Å². The zero-order chi connectivity index (χ0) is 17.8. The van der Waals surface area contributed by atoms with Crippen LogP contribution in [0.3, 0.4) is 0 Å². The van der Waals surface area contributed by atoms with Crippen LogP contribution in [0.25, 0.3) is 0 Å². The maximum atomic E-state index is 13.1. The van der Waals surface area contributed by atoms with Gasteiger partial charge >= 0.3 is 0 Å². The Labute approximate surface area is 146 Å². The second-order valence-electron chi connectivity index (χ2n) is 6.39. The van der Waals surface area contributed by atoms with E-state index in [0.717, 1.165) is 11.4 Å². The summed E-state index contributed by atoms with van der Waals surface area (Å²) in [5.41, 5.74) is 1.52. The molecule has 1 aromatic carbocycles. The Kier molecular flexibility index (Phi) is 5.28. The normalized spacial score (nSPS) is 17.6. The lowest BCUT2D eigenvalue weighted by Gasteiger charge is -2.34. The largest absolute Gasteiger partial charge is 0.370 e. The van der Waals surface area contributed by atoms with Gasteiger partial charge in [0.2, 0.25) is 0 Å².